The van der Waals surface area contributed by atoms with Crippen LogP contribution >= 0.6 is 11.3 Å². The van der Waals surface area contributed by atoms with Gasteiger partial charge >= 0.3 is 0 Å². The Hall–Kier alpha value is -2.88. The molecule has 1 N–H and O–H groups in total. The zero-order chi connectivity index (χ0) is 22.5. The van der Waals surface area contributed by atoms with Crippen molar-refractivity contribution in [3.8, 4) is 0 Å². The number of nitrogens with one attached hydrogen (secondary N) is 1. The summed E-state index contributed by atoms with van der Waals surface area (Å²) in [6.45, 7) is 4.24. The van der Waals surface area contributed by atoms with Gasteiger partial charge in [0.25, 0.3) is 5.91 Å². The molecule has 0 aliphatic carbocycles. The van der Waals surface area contributed by atoms with Crippen LogP contribution in [0.5, 0.6) is 0 Å². The number of carbonyl (C=O) groups excluding carboxylic acids is 1. The van der Waals surface area contributed by atoms with Crippen LogP contribution in [0, 0.1) is 0 Å². The molecule has 0 atom stereocenters. The number of amides is 1. The van der Waals surface area contributed by atoms with E-state index in [1.54, 1.807) is 0 Å². The minimum atomic E-state index is -0.170. The smallest absolute Gasteiger partial charge is 0.280 e. The van der Waals surface area contributed by atoms with Crippen molar-refractivity contribution < 1.29 is 9.53 Å². The molecular weight excluding hydrogens is 424 g/mol. The lowest BCUT2D eigenvalue weighted by Crippen LogP contribution is -2.38. The molecule has 9 heteroatoms. The quantitative estimate of drug-likeness (QED) is 0.586. The fourth-order valence-electron chi connectivity index (χ4n) is 3.71. The van der Waals surface area contributed by atoms with Crippen molar-refractivity contribution in [1.29, 1.82) is 0 Å². The third-order valence-electron chi connectivity index (χ3n) is 5.10. The van der Waals surface area contributed by atoms with Crippen LogP contribution in [0.25, 0.3) is 10.3 Å². The number of thiazole rings is 1. The zero-order valence-corrected chi connectivity index (χ0v) is 19.4. The van der Waals surface area contributed by atoms with Gasteiger partial charge < -0.3 is 15.0 Å². The van der Waals surface area contributed by atoms with Gasteiger partial charge in [-0.3, -0.25) is 9.69 Å². The van der Waals surface area contributed by atoms with Crippen LogP contribution in [-0.4, -0.2) is 65.7 Å². The maximum Gasteiger partial charge on any atom is 0.280 e. The van der Waals surface area contributed by atoms with Crippen molar-refractivity contribution in [3.63, 3.8) is 0 Å². The molecule has 0 radical (unpaired) electrons. The number of carbonyl (C=O) groups is 1. The first-order valence-electron chi connectivity index (χ1n) is 10.7. The molecule has 0 bridgehead atoms. The number of hydrogen-bond acceptors (Lipinski definition) is 8. The van der Waals surface area contributed by atoms with Gasteiger partial charge in [0.1, 0.15) is 16.7 Å². The number of likely N-dealkylation sites (N-methyl/N-ethyl adjacent to an activating group) is 1. The maximum absolute atomic E-state index is 12.8. The first kappa shape index (κ1) is 22.3. The van der Waals surface area contributed by atoms with Crippen LogP contribution in [0.2, 0.25) is 0 Å². The van der Waals surface area contributed by atoms with Gasteiger partial charge in [-0.15, -0.1) is 0 Å². The van der Waals surface area contributed by atoms with Gasteiger partial charge in [0.2, 0.25) is 0 Å². The Labute approximate surface area is 191 Å². The minimum absolute atomic E-state index is 0.117. The summed E-state index contributed by atoms with van der Waals surface area (Å²) in [7, 11) is 4.08. The van der Waals surface area contributed by atoms with Crippen molar-refractivity contribution >= 4 is 39.1 Å². The van der Waals surface area contributed by atoms with E-state index in [0.717, 1.165) is 25.1 Å². The molecule has 1 aliphatic heterocycles. The Bertz CT molecular complexity index is 1090. The monoisotopic (exact) mass is 452 g/mol. The third kappa shape index (κ3) is 5.29. The summed E-state index contributed by atoms with van der Waals surface area (Å²) in [5.41, 5.74) is 2.75. The summed E-state index contributed by atoms with van der Waals surface area (Å²) in [4.78, 5) is 31.3. The number of anilines is 2. The van der Waals surface area contributed by atoms with E-state index in [1.165, 1.54) is 23.2 Å². The van der Waals surface area contributed by atoms with Crippen LogP contribution in [-0.2, 0) is 4.74 Å². The summed E-state index contributed by atoms with van der Waals surface area (Å²) in [6.07, 6.45) is 5.23. The molecule has 1 fully saturated rings. The lowest BCUT2D eigenvalue weighted by molar-refractivity contribution is 0.0696. The summed E-state index contributed by atoms with van der Waals surface area (Å²) in [5.74, 6) is 0.483. The molecule has 1 saturated heterocycles. The second-order valence-corrected chi connectivity index (χ2v) is 9.13. The van der Waals surface area contributed by atoms with Crippen LogP contribution in [0.15, 0.2) is 48.4 Å². The normalized spacial score (nSPS) is 15.3. The van der Waals surface area contributed by atoms with Gasteiger partial charge in [-0.05, 0) is 51.6 Å². The molecule has 4 rings (SSSR count). The predicted octanol–water partition coefficient (Wildman–Crippen LogP) is 3.60. The number of fused-ring (bicyclic) bond motifs is 1. The Morgan fingerprint density at radius 3 is 2.69 bits per heavy atom. The summed E-state index contributed by atoms with van der Waals surface area (Å²) >= 11 is 1.29. The first-order chi connectivity index (χ1) is 15.5. The van der Waals surface area contributed by atoms with Gasteiger partial charge in [-0.1, -0.05) is 29.5 Å². The molecule has 1 aliphatic rings. The fourth-order valence-corrected chi connectivity index (χ4v) is 4.52. The number of rotatable bonds is 7. The molecule has 8 nitrogen and oxygen atoms in total. The van der Waals surface area contributed by atoms with Gasteiger partial charge in [-0.25, -0.2) is 15.0 Å². The molecular formula is C23H28N6O2S. The van der Waals surface area contributed by atoms with Gasteiger partial charge in [0, 0.05) is 37.7 Å². The molecule has 0 unspecified atom stereocenters. The van der Waals surface area contributed by atoms with Crippen molar-refractivity contribution in [2.75, 3.05) is 38.8 Å². The van der Waals surface area contributed by atoms with Crippen molar-refractivity contribution in [3.05, 3.63) is 53.4 Å². The van der Waals surface area contributed by atoms with E-state index in [-0.39, 0.29) is 11.9 Å². The first-order valence-corrected chi connectivity index (χ1v) is 11.5. The van der Waals surface area contributed by atoms with Crippen LogP contribution < -0.4 is 10.2 Å². The highest BCUT2D eigenvalue weighted by molar-refractivity contribution is 7.20. The van der Waals surface area contributed by atoms with E-state index >= 15 is 0 Å². The summed E-state index contributed by atoms with van der Waals surface area (Å²) < 4.78 is 5.38. The highest BCUT2D eigenvalue weighted by Gasteiger charge is 2.22. The largest absolute Gasteiger partial charge is 0.381 e. The van der Waals surface area contributed by atoms with Crippen LogP contribution in [0.1, 0.15) is 29.6 Å². The number of ether oxygens (including phenoxy) is 1. The average molecular weight is 453 g/mol. The van der Waals surface area contributed by atoms with Crippen molar-refractivity contribution in [2.45, 2.75) is 25.8 Å². The van der Waals surface area contributed by atoms with E-state index in [0.29, 0.717) is 34.4 Å². The minimum Gasteiger partial charge on any atom is -0.381 e. The van der Waals surface area contributed by atoms with E-state index in [9.17, 15) is 4.79 Å². The third-order valence-corrected chi connectivity index (χ3v) is 6.07. The SMILES string of the molecule is C/C(=C\N(c1ccccc1)c1ncnc2sc(C(=O)NC3CCOCC3)nc12)CN(C)C. The maximum atomic E-state index is 12.8. The topological polar surface area (TPSA) is 83.5 Å². The highest BCUT2D eigenvalue weighted by Crippen LogP contribution is 2.32. The zero-order valence-electron chi connectivity index (χ0n) is 18.6. The Morgan fingerprint density at radius 2 is 1.97 bits per heavy atom. The lowest BCUT2D eigenvalue weighted by atomic mass is 10.1. The number of benzene rings is 1. The van der Waals surface area contributed by atoms with Gasteiger partial charge in [0.05, 0.1) is 0 Å². The number of nitrogens with zero attached hydrogens (tertiary/aromatic N) is 5. The Kier molecular flexibility index (Phi) is 7.09. The molecule has 0 spiro atoms. The molecule has 0 saturated carbocycles. The van der Waals surface area contributed by atoms with Crippen molar-refractivity contribution in [1.82, 2.24) is 25.2 Å². The van der Waals surface area contributed by atoms with E-state index < -0.39 is 0 Å². The van der Waals surface area contributed by atoms with Gasteiger partial charge in [0.15, 0.2) is 10.8 Å². The standard InChI is InChI=1S/C23H28N6O2S/c1-16(13-28(2)3)14-29(18-7-5-4-6-8-18)20-19-22(25-15-24-20)32-23(27-19)21(30)26-17-9-11-31-12-10-17/h4-8,14-15,17H,9-13H2,1-3H3,(H,26,30)/b16-14+. The molecule has 2 aromatic heterocycles. The predicted molar refractivity (Wildman–Crippen MR) is 127 cm³/mol. The van der Waals surface area contributed by atoms with Gasteiger partial charge in [-0.2, -0.15) is 0 Å². The molecule has 3 heterocycles. The molecule has 3 aromatic rings. The molecule has 32 heavy (non-hydrogen) atoms. The van der Waals surface area contributed by atoms with Crippen LogP contribution in [0.4, 0.5) is 11.5 Å². The molecule has 1 amide bonds. The number of hydrogen-bond donors (Lipinski definition) is 1. The number of para-hydroxylation sites is 1. The average Bonchev–Trinajstić information content (AvgIpc) is 3.23. The second-order valence-electron chi connectivity index (χ2n) is 8.15. The van der Waals surface area contributed by atoms with Crippen molar-refractivity contribution in [2.24, 2.45) is 0 Å². The Balaban J connectivity index is 1.70. The lowest BCUT2D eigenvalue weighted by Gasteiger charge is -2.22. The van der Waals surface area contributed by atoms with E-state index in [2.05, 4.69) is 38.3 Å². The fraction of sp³-hybridized carbons (Fsp3) is 0.391. The number of aromatic nitrogens is 3. The molecule has 168 valence electrons. The van der Waals surface area contributed by atoms with E-state index in [4.69, 9.17) is 4.74 Å². The summed E-state index contributed by atoms with van der Waals surface area (Å²) in [6, 6.07) is 10.1. The van der Waals surface area contributed by atoms with E-state index in [1.807, 2.05) is 49.3 Å². The second kappa shape index (κ2) is 10.2. The summed E-state index contributed by atoms with van der Waals surface area (Å²) in [5, 5.41) is 3.48. The Morgan fingerprint density at radius 1 is 1.22 bits per heavy atom. The van der Waals surface area contributed by atoms with Crippen LogP contribution in [0.3, 0.4) is 0 Å². The highest BCUT2D eigenvalue weighted by atomic mass is 32.1. The molecule has 1 aromatic carbocycles.